The van der Waals surface area contributed by atoms with E-state index >= 15 is 0 Å². The Bertz CT molecular complexity index is 353. The van der Waals surface area contributed by atoms with Crippen molar-refractivity contribution in [3.05, 3.63) is 73.0 Å². The minimum atomic E-state index is 0.350. The molecule has 140 valence electrons. The first-order valence-corrected chi connectivity index (χ1v) is 8.79. The van der Waals surface area contributed by atoms with E-state index in [1.54, 1.807) is 19.3 Å². The van der Waals surface area contributed by atoms with Gasteiger partial charge in [-0.15, -0.1) is 13.2 Å². The number of aliphatic hydroxyl groups is 1. The van der Waals surface area contributed by atoms with Crippen LogP contribution in [0.2, 0.25) is 0 Å². The Morgan fingerprint density at radius 2 is 1.58 bits per heavy atom. The summed E-state index contributed by atoms with van der Waals surface area (Å²) < 4.78 is 4.93. The van der Waals surface area contributed by atoms with Gasteiger partial charge in [-0.25, -0.2) is 0 Å². The number of ether oxygens (including phenoxy) is 1. The van der Waals surface area contributed by atoms with Gasteiger partial charge in [-0.2, -0.15) is 0 Å². The summed E-state index contributed by atoms with van der Waals surface area (Å²) in [6.07, 6.45) is 7.54. The molecule has 1 N–H and O–H groups in total. The average Bonchev–Trinajstić information content (AvgIpc) is 2.68. The van der Waals surface area contributed by atoms with Crippen molar-refractivity contribution in [1.29, 1.82) is 0 Å². The normalized spacial score (nSPS) is 9.04. The highest BCUT2D eigenvalue weighted by molar-refractivity contribution is 5.13. The number of hydrogen-bond donors (Lipinski definition) is 1. The summed E-state index contributed by atoms with van der Waals surface area (Å²) in [7, 11) is 1.70. The van der Waals surface area contributed by atoms with Crippen LogP contribution in [0.5, 0.6) is 0 Å². The van der Waals surface area contributed by atoms with E-state index in [1.807, 2.05) is 71.0 Å². The van der Waals surface area contributed by atoms with Gasteiger partial charge in [0.1, 0.15) is 5.76 Å². The molecule has 1 aromatic rings. The van der Waals surface area contributed by atoms with Crippen LogP contribution in [-0.2, 0) is 11.3 Å². The van der Waals surface area contributed by atoms with Gasteiger partial charge < -0.3 is 9.84 Å². The Morgan fingerprint density at radius 1 is 1.08 bits per heavy atom. The lowest BCUT2D eigenvalue weighted by atomic mass is 10.2. The van der Waals surface area contributed by atoms with Crippen molar-refractivity contribution >= 4 is 0 Å². The van der Waals surface area contributed by atoms with E-state index in [-0.39, 0.29) is 0 Å². The van der Waals surface area contributed by atoms with Crippen molar-refractivity contribution in [3.63, 3.8) is 0 Å². The van der Waals surface area contributed by atoms with Crippen LogP contribution in [0.25, 0.3) is 0 Å². The van der Waals surface area contributed by atoms with Crippen molar-refractivity contribution in [1.82, 2.24) is 0 Å². The molecule has 0 spiro atoms. The summed E-state index contributed by atoms with van der Waals surface area (Å²) in [4.78, 5) is 0. The van der Waals surface area contributed by atoms with Gasteiger partial charge in [0, 0.05) is 7.11 Å². The number of methoxy groups -OCH3 is 1. The molecule has 24 heavy (non-hydrogen) atoms. The SMILES string of the molecule is C/C=C(O)\C=C/CCC.C=C.CC.CC.COCc1ccccc1. The lowest BCUT2D eigenvalue weighted by Crippen LogP contribution is -1.84. The Kier molecular flexibility index (Phi) is 41.4. The van der Waals surface area contributed by atoms with Crippen molar-refractivity contribution in [2.24, 2.45) is 0 Å². The van der Waals surface area contributed by atoms with Crippen LogP contribution in [0.4, 0.5) is 0 Å². The standard InChI is InChI=1S/C8H10O.C8H14O.2C2H6.C2H4/c1-9-7-8-5-3-2-4-6-8;1-3-5-6-7-8(9)4-2;3*1-2/h2-6H,7H2,1H3;4,6-7,9H,3,5H2,1-2H3;2*1-2H3;1-2H2/b;7-6-,8-4+;;;. The first kappa shape index (κ1) is 30.1. The van der Waals surface area contributed by atoms with Crippen LogP contribution in [0.3, 0.4) is 0 Å². The molecule has 2 heteroatoms. The van der Waals surface area contributed by atoms with E-state index in [9.17, 15) is 0 Å². The van der Waals surface area contributed by atoms with Gasteiger partial charge in [0.2, 0.25) is 0 Å². The Labute approximate surface area is 151 Å². The zero-order valence-electron chi connectivity index (χ0n) is 17.0. The maximum Gasteiger partial charge on any atom is 0.110 e. The Morgan fingerprint density at radius 3 is 1.96 bits per heavy atom. The maximum absolute atomic E-state index is 8.86. The van der Waals surface area contributed by atoms with Crippen molar-refractivity contribution < 1.29 is 9.84 Å². The summed E-state index contributed by atoms with van der Waals surface area (Å²) in [5.41, 5.74) is 1.22. The highest BCUT2D eigenvalue weighted by Gasteiger charge is 1.84. The first-order chi connectivity index (χ1) is 11.7. The number of aliphatic hydroxyl groups excluding tert-OH is 1. The fourth-order valence-corrected chi connectivity index (χ4v) is 1.21. The summed E-state index contributed by atoms with van der Waals surface area (Å²) in [5.74, 6) is 0.350. The molecule has 2 nitrogen and oxygen atoms in total. The van der Waals surface area contributed by atoms with Crippen LogP contribution in [0.1, 0.15) is 59.9 Å². The van der Waals surface area contributed by atoms with Crippen LogP contribution in [-0.4, -0.2) is 12.2 Å². The Hall–Kier alpha value is -1.80. The largest absolute Gasteiger partial charge is 0.508 e. The number of allylic oxidation sites excluding steroid dienone is 3. The number of hydrogen-bond acceptors (Lipinski definition) is 2. The van der Waals surface area contributed by atoms with E-state index in [0.29, 0.717) is 12.4 Å². The summed E-state index contributed by atoms with van der Waals surface area (Å²) in [6, 6.07) is 10.1. The molecule has 0 radical (unpaired) electrons. The molecule has 0 aliphatic heterocycles. The number of benzene rings is 1. The highest BCUT2D eigenvalue weighted by Crippen LogP contribution is 1.98. The minimum Gasteiger partial charge on any atom is -0.508 e. The molecular formula is C22H40O2. The third-order valence-electron chi connectivity index (χ3n) is 2.19. The summed E-state index contributed by atoms with van der Waals surface area (Å²) >= 11 is 0. The third kappa shape index (κ3) is 28.4. The van der Waals surface area contributed by atoms with Gasteiger partial charge in [-0.3, -0.25) is 0 Å². The molecule has 0 atom stereocenters. The van der Waals surface area contributed by atoms with Gasteiger partial charge in [0.05, 0.1) is 6.61 Å². The topological polar surface area (TPSA) is 29.5 Å². The smallest absolute Gasteiger partial charge is 0.110 e. The van der Waals surface area contributed by atoms with Gasteiger partial charge in [-0.05, 0) is 31.1 Å². The number of rotatable bonds is 5. The van der Waals surface area contributed by atoms with Crippen LogP contribution >= 0.6 is 0 Å². The molecule has 1 rings (SSSR count). The molecule has 0 bridgehead atoms. The molecule has 0 saturated carbocycles. The molecule has 0 fully saturated rings. The van der Waals surface area contributed by atoms with E-state index in [2.05, 4.69) is 20.1 Å². The van der Waals surface area contributed by atoms with E-state index in [1.165, 1.54) is 5.56 Å². The molecular weight excluding hydrogens is 296 g/mol. The van der Waals surface area contributed by atoms with Crippen molar-refractivity contribution in [2.45, 2.75) is 61.0 Å². The van der Waals surface area contributed by atoms with Gasteiger partial charge in [0.15, 0.2) is 0 Å². The molecule has 0 aliphatic carbocycles. The van der Waals surface area contributed by atoms with Gasteiger partial charge >= 0.3 is 0 Å². The Balaban J connectivity index is -0.000000127. The monoisotopic (exact) mass is 336 g/mol. The molecule has 0 saturated heterocycles. The summed E-state index contributed by atoms with van der Waals surface area (Å²) in [6.45, 7) is 18.6. The quantitative estimate of drug-likeness (QED) is 0.343. The second-order valence-corrected chi connectivity index (χ2v) is 3.82. The lowest BCUT2D eigenvalue weighted by molar-refractivity contribution is 0.185. The van der Waals surface area contributed by atoms with E-state index in [0.717, 1.165) is 12.8 Å². The van der Waals surface area contributed by atoms with E-state index in [4.69, 9.17) is 9.84 Å². The van der Waals surface area contributed by atoms with E-state index < -0.39 is 0 Å². The average molecular weight is 337 g/mol. The fourth-order valence-electron chi connectivity index (χ4n) is 1.21. The molecule has 0 unspecified atom stereocenters. The lowest BCUT2D eigenvalue weighted by Gasteiger charge is -1.95. The molecule has 0 amide bonds. The molecule has 0 aromatic heterocycles. The zero-order chi connectivity index (χ0) is 19.6. The predicted octanol–water partition coefficient (Wildman–Crippen LogP) is 7.49. The highest BCUT2D eigenvalue weighted by atomic mass is 16.5. The first-order valence-electron chi connectivity index (χ1n) is 8.79. The van der Waals surface area contributed by atoms with Crippen molar-refractivity contribution in [3.8, 4) is 0 Å². The van der Waals surface area contributed by atoms with Crippen LogP contribution in [0, 0.1) is 0 Å². The number of unbranched alkanes of at least 4 members (excludes halogenated alkanes) is 1. The van der Waals surface area contributed by atoms with Gasteiger partial charge in [0.25, 0.3) is 0 Å². The third-order valence-corrected chi connectivity index (χ3v) is 2.19. The zero-order valence-corrected chi connectivity index (χ0v) is 17.0. The predicted molar refractivity (Wildman–Crippen MR) is 112 cm³/mol. The fraction of sp³-hybridized carbons (Fsp3) is 0.455. The minimum absolute atomic E-state index is 0.350. The maximum atomic E-state index is 8.86. The molecule has 1 aromatic carbocycles. The van der Waals surface area contributed by atoms with Crippen LogP contribution < -0.4 is 0 Å². The molecule has 0 aliphatic rings. The van der Waals surface area contributed by atoms with Gasteiger partial charge in [-0.1, -0.05) is 77.4 Å². The molecule has 0 heterocycles. The summed E-state index contributed by atoms with van der Waals surface area (Å²) in [5, 5.41) is 8.86. The second kappa shape index (κ2) is 33.0. The van der Waals surface area contributed by atoms with Crippen molar-refractivity contribution in [2.75, 3.05) is 7.11 Å². The van der Waals surface area contributed by atoms with Crippen LogP contribution in [0.15, 0.2) is 67.5 Å². The second-order valence-electron chi connectivity index (χ2n) is 3.82.